The quantitative estimate of drug-likeness (QED) is 0.451. The monoisotopic (exact) mass is 549 g/mol. The Morgan fingerprint density at radius 2 is 1.50 bits per heavy atom. The van der Waals surface area contributed by atoms with E-state index in [2.05, 4.69) is 20.9 Å². The molecule has 0 bridgehead atoms. The van der Waals surface area contributed by atoms with Crippen molar-refractivity contribution >= 4 is 29.2 Å². The van der Waals surface area contributed by atoms with Crippen molar-refractivity contribution in [3.8, 4) is 0 Å². The van der Waals surface area contributed by atoms with Gasteiger partial charge in [0.15, 0.2) is 0 Å². The zero-order valence-corrected chi connectivity index (χ0v) is 23.1. The van der Waals surface area contributed by atoms with Crippen LogP contribution in [0.15, 0.2) is 42.5 Å². The summed E-state index contributed by atoms with van der Waals surface area (Å²) < 4.78 is 13.3. The molecule has 3 N–H and O–H groups in total. The molecule has 1 saturated heterocycles. The lowest BCUT2D eigenvalue weighted by atomic mass is 9.96. The molecule has 2 aromatic carbocycles. The Kier molecular flexibility index (Phi) is 9.19. The fourth-order valence-electron chi connectivity index (χ4n) is 6.05. The molecule has 40 heavy (non-hydrogen) atoms. The first-order valence-corrected chi connectivity index (χ1v) is 14.7. The fraction of sp³-hybridized carbons (Fsp3) is 0.516. The van der Waals surface area contributed by atoms with Gasteiger partial charge in [-0.05, 0) is 61.6 Å². The minimum absolute atomic E-state index is 0.000475. The zero-order chi connectivity index (χ0) is 27.9. The van der Waals surface area contributed by atoms with E-state index in [1.165, 1.54) is 31.4 Å². The van der Waals surface area contributed by atoms with Crippen molar-refractivity contribution in [1.29, 1.82) is 0 Å². The third-order valence-corrected chi connectivity index (χ3v) is 8.44. The topological polar surface area (TPSA) is 93.8 Å². The van der Waals surface area contributed by atoms with Crippen LogP contribution in [0.2, 0.25) is 0 Å². The summed E-state index contributed by atoms with van der Waals surface area (Å²) in [5.41, 5.74) is 2.62. The van der Waals surface area contributed by atoms with Gasteiger partial charge in [-0.2, -0.15) is 0 Å². The van der Waals surface area contributed by atoms with Gasteiger partial charge in [-0.3, -0.25) is 9.59 Å². The molecule has 1 aliphatic heterocycles. The van der Waals surface area contributed by atoms with Crippen LogP contribution in [0.1, 0.15) is 73.7 Å². The van der Waals surface area contributed by atoms with E-state index in [0.29, 0.717) is 37.4 Å². The molecule has 2 saturated carbocycles. The second-order valence-corrected chi connectivity index (χ2v) is 11.3. The molecule has 2 aromatic rings. The molecule has 3 fully saturated rings. The summed E-state index contributed by atoms with van der Waals surface area (Å²) >= 11 is 0. The van der Waals surface area contributed by atoms with Gasteiger partial charge in [0.25, 0.3) is 5.91 Å². The summed E-state index contributed by atoms with van der Waals surface area (Å²) in [7, 11) is 0. The molecule has 214 valence electrons. The number of amides is 4. The minimum atomic E-state index is -0.324. The second-order valence-electron chi connectivity index (χ2n) is 11.3. The van der Waals surface area contributed by atoms with Gasteiger partial charge in [-0.1, -0.05) is 44.2 Å². The third kappa shape index (κ3) is 7.11. The first kappa shape index (κ1) is 27.9. The van der Waals surface area contributed by atoms with Gasteiger partial charge in [0.2, 0.25) is 5.91 Å². The van der Waals surface area contributed by atoms with Crippen LogP contribution in [0.5, 0.6) is 0 Å². The molecule has 0 atom stereocenters. The van der Waals surface area contributed by atoms with E-state index in [-0.39, 0.29) is 42.2 Å². The Labute approximate surface area is 235 Å². The summed E-state index contributed by atoms with van der Waals surface area (Å²) in [5.74, 6) is -0.577. The number of urea groups is 1. The number of benzene rings is 2. The van der Waals surface area contributed by atoms with Crippen LogP contribution in [-0.4, -0.2) is 55.0 Å². The maximum Gasteiger partial charge on any atom is 0.317 e. The van der Waals surface area contributed by atoms with E-state index < -0.39 is 0 Å². The van der Waals surface area contributed by atoms with Gasteiger partial charge >= 0.3 is 6.03 Å². The van der Waals surface area contributed by atoms with Crippen LogP contribution in [-0.2, 0) is 11.3 Å². The molecule has 2 aliphatic carbocycles. The van der Waals surface area contributed by atoms with E-state index in [9.17, 15) is 18.8 Å². The van der Waals surface area contributed by atoms with Crippen molar-refractivity contribution in [2.75, 3.05) is 36.4 Å². The summed E-state index contributed by atoms with van der Waals surface area (Å²) in [6, 6.07) is 11.8. The van der Waals surface area contributed by atoms with Gasteiger partial charge in [0.05, 0.1) is 5.56 Å². The number of carbonyl (C=O) groups is 3. The first-order chi connectivity index (χ1) is 19.5. The third-order valence-electron chi connectivity index (χ3n) is 8.44. The molecule has 0 unspecified atom stereocenters. The van der Waals surface area contributed by atoms with Gasteiger partial charge in [0.1, 0.15) is 5.82 Å². The maximum atomic E-state index is 13.4. The van der Waals surface area contributed by atoms with Gasteiger partial charge in [-0.15, -0.1) is 0 Å². The summed E-state index contributed by atoms with van der Waals surface area (Å²) in [4.78, 5) is 43.0. The highest BCUT2D eigenvalue weighted by Crippen LogP contribution is 2.29. The molecule has 3 aliphatic rings. The average molecular weight is 550 g/mol. The predicted molar refractivity (Wildman–Crippen MR) is 154 cm³/mol. The number of piperazine rings is 1. The Morgan fingerprint density at radius 3 is 2.20 bits per heavy atom. The van der Waals surface area contributed by atoms with E-state index in [4.69, 9.17) is 0 Å². The Hall–Kier alpha value is -3.62. The Balaban J connectivity index is 1.27. The summed E-state index contributed by atoms with van der Waals surface area (Å²) in [6.45, 7) is 2.59. The van der Waals surface area contributed by atoms with Crippen molar-refractivity contribution in [2.24, 2.45) is 5.92 Å². The maximum absolute atomic E-state index is 13.4. The Morgan fingerprint density at radius 1 is 0.825 bits per heavy atom. The number of hydrogen-bond donors (Lipinski definition) is 3. The molecule has 5 rings (SSSR count). The number of carbonyl (C=O) groups excluding carboxylic acids is 3. The summed E-state index contributed by atoms with van der Waals surface area (Å²) in [5, 5.41) is 9.15. The predicted octanol–water partition coefficient (Wildman–Crippen LogP) is 5.05. The van der Waals surface area contributed by atoms with Crippen molar-refractivity contribution in [1.82, 2.24) is 15.5 Å². The van der Waals surface area contributed by atoms with Gasteiger partial charge in [0, 0.05) is 56.1 Å². The minimum Gasteiger partial charge on any atom is -0.367 e. The molecule has 9 heteroatoms. The number of anilines is 2. The lowest BCUT2D eigenvalue weighted by molar-refractivity contribution is -0.119. The average Bonchev–Trinajstić information content (AvgIpc) is 3.53. The van der Waals surface area contributed by atoms with E-state index in [0.717, 1.165) is 49.8 Å². The number of nitrogens with one attached hydrogen (secondary N) is 3. The van der Waals surface area contributed by atoms with Crippen LogP contribution in [0.4, 0.5) is 20.6 Å². The number of halogens is 1. The number of nitrogens with zero attached hydrogens (tertiary/aromatic N) is 2. The molecule has 8 nitrogen and oxygen atoms in total. The van der Waals surface area contributed by atoms with Crippen LogP contribution < -0.4 is 20.9 Å². The van der Waals surface area contributed by atoms with Crippen molar-refractivity contribution in [2.45, 2.75) is 70.4 Å². The molecular formula is C31H40FN5O3. The smallest absolute Gasteiger partial charge is 0.317 e. The first-order valence-electron chi connectivity index (χ1n) is 14.7. The largest absolute Gasteiger partial charge is 0.367 e. The van der Waals surface area contributed by atoms with Gasteiger partial charge in [-0.25, -0.2) is 9.18 Å². The highest BCUT2D eigenvalue weighted by molar-refractivity contribution is 6.02. The molecule has 1 heterocycles. The SMILES string of the molecule is O=C(NCc1ccc(F)cc1)c1cc(NC(=O)C2CCCC2)ccc1N1CCN(C(=O)NC2CCCCC2)CC1. The van der Waals surface area contributed by atoms with E-state index in [1.807, 2.05) is 17.0 Å². The lowest BCUT2D eigenvalue weighted by Crippen LogP contribution is -2.54. The standard InChI is InChI=1S/C31H40FN5O3/c32-24-12-10-22(11-13-24)21-33-30(39)27-20-26(34-29(38)23-6-4-5-7-23)14-15-28(27)36-16-18-37(19-17-36)31(40)35-25-8-2-1-3-9-25/h10-15,20,23,25H,1-9,16-19,21H2,(H,33,39)(H,34,38)(H,35,40). The molecule has 4 amide bonds. The molecular weight excluding hydrogens is 509 g/mol. The summed E-state index contributed by atoms with van der Waals surface area (Å²) in [6.07, 6.45) is 9.60. The number of hydrogen-bond acceptors (Lipinski definition) is 4. The van der Waals surface area contributed by atoms with Crippen LogP contribution in [0, 0.1) is 11.7 Å². The van der Waals surface area contributed by atoms with Crippen LogP contribution >= 0.6 is 0 Å². The fourth-order valence-corrected chi connectivity index (χ4v) is 6.05. The lowest BCUT2D eigenvalue weighted by Gasteiger charge is -2.37. The van der Waals surface area contributed by atoms with Crippen molar-refractivity contribution in [3.63, 3.8) is 0 Å². The molecule has 0 aromatic heterocycles. The number of rotatable bonds is 7. The zero-order valence-electron chi connectivity index (χ0n) is 23.1. The Bertz CT molecular complexity index is 1180. The van der Waals surface area contributed by atoms with E-state index in [1.54, 1.807) is 18.2 Å². The molecule has 0 spiro atoms. The van der Waals surface area contributed by atoms with Gasteiger partial charge < -0.3 is 25.8 Å². The van der Waals surface area contributed by atoms with E-state index >= 15 is 0 Å². The highest BCUT2D eigenvalue weighted by Gasteiger charge is 2.27. The highest BCUT2D eigenvalue weighted by atomic mass is 19.1. The molecule has 0 radical (unpaired) electrons. The van der Waals surface area contributed by atoms with Crippen molar-refractivity contribution in [3.05, 3.63) is 59.4 Å². The van der Waals surface area contributed by atoms with Crippen LogP contribution in [0.25, 0.3) is 0 Å². The normalized spacial score (nSPS) is 18.4. The second kappa shape index (κ2) is 13.2. The van der Waals surface area contributed by atoms with Crippen molar-refractivity contribution < 1.29 is 18.8 Å². The van der Waals surface area contributed by atoms with Crippen LogP contribution in [0.3, 0.4) is 0 Å².